The van der Waals surface area contributed by atoms with Gasteiger partial charge in [-0.2, -0.15) is 4.31 Å². The standard InChI is InChI=1S/C22H29N3O3S/c26-29(27,21-8-9-22(24-17-21)23-16-20-7-4-14-28-20)25-12-10-19(11-13-25)15-18-5-2-1-3-6-18/h1-3,5-6,8-9,17,19-20H,4,7,10-16H2,(H,23,24)/p+1/t20-/m0/s1. The molecule has 4 rings (SSSR count). The van der Waals surface area contributed by atoms with Crippen LogP contribution in [-0.4, -0.2) is 45.1 Å². The van der Waals surface area contributed by atoms with Gasteiger partial charge in [0.25, 0.3) is 5.82 Å². The highest BCUT2D eigenvalue weighted by Gasteiger charge is 2.30. The summed E-state index contributed by atoms with van der Waals surface area (Å²) in [6, 6.07) is 13.9. The molecule has 2 N–H and O–H groups in total. The Labute approximate surface area is 173 Å². The van der Waals surface area contributed by atoms with Crippen LogP contribution in [0.1, 0.15) is 31.2 Å². The Morgan fingerprint density at radius 1 is 1.07 bits per heavy atom. The summed E-state index contributed by atoms with van der Waals surface area (Å²) < 4.78 is 33.2. The van der Waals surface area contributed by atoms with Gasteiger partial charge in [0.15, 0.2) is 0 Å². The summed E-state index contributed by atoms with van der Waals surface area (Å²) >= 11 is 0. The van der Waals surface area contributed by atoms with Gasteiger partial charge >= 0.3 is 0 Å². The van der Waals surface area contributed by atoms with E-state index in [1.54, 1.807) is 22.6 Å². The zero-order valence-corrected chi connectivity index (χ0v) is 17.5. The van der Waals surface area contributed by atoms with Crippen LogP contribution in [0.5, 0.6) is 0 Å². The monoisotopic (exact) mass is 416 g/mol. The van der Waals surface area contributed by atoms with E-state index >= 15 is 0 Å². The van der Waals surface area contributed by atoms with Crippen LogP contribution in [0, 0.1) is 5.92 Å². The molecule has 0 unspecified atom stereocenters. The molecular formula is C22H30N3O3S+. The summed E-state index contributed by atoms with van der Waals surface area (Å²) in [6.07, 6.45) is 6.83. The summed E-state index contributed by atoms with van der Waals surface area (Å²) in [5.41, 5.74) is 1.33. The first-order chi connectivity index (χ1) is 14.1. The molecule has 29 heavy (non-hydrogen) atoms. The quantitative estimate of drug-likeness (QED) is 0.753. The number of nitrogens with zero attached hydrogens (tertiary/aromatic N) is 1. The molecule has 6 nitrogen and oxygen atoms in total. The van der Waals surface area contributed by atoms with E-state index in [1.807, 2.05) is 6.07 Å². The Morgan fingerprint density at radius 2 is 1.86 bits per heavy atom. The molecule has 1 atom stereocenters. The average molecular weight is 417 g/mol. The molecule has 0 amide bonds. The zero-order valence-electron chi connectivity index (χ0n) is 16.7. The molecule has 0 radical (unpaired) electrons. The highest BCUT2D eigenvalue weighted by molar-refractivity contribution is 7.89. The summed E-state index contributed by atoms with van der Waals surface area (Å²) in [5.74, 6) is 1.35. The summed E-state index contributed by atoms with van der Waals surface area (Å²) in [7, 11) is -3.46. The molecule has 1 aromatic carbocycles. The van der Waals surface area contributed by atoms with Crippen molar-refractivity contribution >= 4 is 15.8 Å². The van der Waals surface area contributed by atoms with E-state index in [4.69, 9.17) is 4.74 Å². The number of pyridine rings is 1. The molecule has 2 aliphatic rings. The van der Waals surface area contributed by atoms with Gasteiger partial charge in [0, 0.05) is 25.8 Å². The Hall–Kier alpha value is -1.96. The van der Waals surface area contributed by atoms with Crippen molar-refractivity contribution in [2.75, 3.05) is 31.6 Å². The second kappa shape index (κ2) is 9.24. The van der Waals surface area contributed by atoms with Gasteiger partial charge in [-0.05, 0) is 49.7 Å². The predicted molar refractivity (Wildman–Crippen MR) is 112 cm³/mol. The largest absolute Gasteiger partial charge is 0.374 e. The molecule has 0 spiro atoms. The number of rotatable bonds is 7. The fourth-order valence-electron chi connectivity index (χ4n) is 4.16. The van der Waals surface area contributed by atoms with Gasteiger partial charge < -0.3 is 4.74 Å². The van der Waals surface area contributed by atoms with Crippen LogP contribution in [0.3, 0.4) is 0 Å². The van der Waals surface area contributed by atoms with Crippen LogP contribution in [0.15, 0.2) is 53.6 Å². The molecule has 156 valence electrons. The lowest BCUT2D eigenvalue weighted by molar-refractivity contribution is -0.364. The average Bonchev–Trinajstić information content (AvgIpc) is 3.27. The van der Waals surface area contributed by atoms with E-state index < -0.39 is 10.0 Å². The molecule has 2 aromatic rings. The zero-order chi connectivity index (χ0) is 20.1. The first-order valence-corrected chi connectivity index (χ1v) is 12.0. The molecule has 1 aromatic heterocycles. The lowest BCUT2D eigenvalue weighted by atomic mass is 9.91. The Kier molecular flexibility index (Phi) is 6.47. The van der Waals surface area contributed by atoms with Crippen molar-refractivity contribution in [3.05, 3.63) is 54.2 Å². The Balaban J connectivity index is 1.31. The smallest absolute Gasteiger partial charge is 0.272 e. The van der Waals surface area contributed by atoms with Gasteiger partial charge in [-0.3, -0.25) is 5.32 Å². The Bertz CT molecular complexity index is 873. The van der Waals surface area contributed by atoms with Crippen molar-refractivity contribution in [3.8, 4) is 0 Å². The van der Waals surface area contributed by atoms with Crippen molar-refractivity contribution in [2.24, 2.45) is 5.92 Å². The first kappa shape index (κ1) is 20.3. The number of aromatic amines is 1. The van der Waals surface area contributed by atoms with E-state index in [0.29, 0.717) is 23.9 Å². The maximum absolute atomic E-state index is 13.0. The lowest BCUT2D eigenvalue weighted by Gasteiger charge is -2.31. The van der Waals surface area contributed by atoms with Gasteiger partial charge in [0.2, 0.25) is 10.0 Å². The normalized spacial score (nSPS) is 21.3. The van der Waals surface area contributed by atoms with Crippen LogP contribution < -0.4 is 10.3 Å². The number of ether oxygens (including phenoxy) is 1. The summed E-state index contributed by atoms with van der Waals surface area (Å²) in [4.78, 5) is 3.40. The van der Waals surface area contributed by atoms with Crippen molar-refractivity contribution in [1.29, 1.82) is 0 Å². The number of H-pyrrole nitrogens is 1. The molecule has 2 saturated heterocycles. The van der Waals surface area contributed by atoms with E-state index in [1.165, 1.54) is 5.56 Å². The molecule has 0 saturated carbocycles. The third kappa shape index (κ3) is 5.15. The molecular weight excluding hydrogens is 386 g/mol. The number of sulfonamides is 1. The van der Waals surface area contributed by atoms with Gasteiger partial charge in [0.05, 0.1) is 6.10 Å². The van der Waals surface area contributed by atoms with Crippen molar-refractivity contribution < 1.29 is 18.1 Å². The lowest BCUT2D eigenvalue weighted by Crippen LogP contribution is -2.39. The number of aromatic nitrogens is 1. The summed E-state index contributed by atoms with van der Waals surface area (Å²) in [6.45, 7) is 2.73. The number of hydrogen-bond donors (Lipinski definition) is 1. The molecule has 2 fully saturated rings. The topological polar surface area (TPSA) is 72.8 Å². The number of nitrogens with one attached hydrogen (secondary N) is 2. The van der Waals surface area contributed by atoms with Crippen LogP contribution in [0.4, 0.5) is 5.82 Å². The fraction of sp³-hybridized carbons (Fsp3) is 0.500. The van der Waals surface area contributed by atoms with Crippen molar-refractivity contribution in [2.45, 2.75) is 43.1 Å². The second-order valence-corrected chi connectivity index (χ2v) is 9.93. The van der Waals surface area contributed by atoms with E-state index in [-0.39, 0.29) is 6.10 Å². The maximum atomic E-state index is 13.0. The van der Waals surface area contributed by atoms with Gasteiger partial charge in [-0.1, -0.05) is 30.3 Å². The fourth-order valence-corrected chi connectivity index (χ4v) is 5.60. The number of piperidine rings is 1. The molecule has 3 heterocycles. The number of anilines is 1. The second-order valence-electron chi connectivity index (χ2n) is 7.99. The molecule has 0 bridgehead atoms. The third-order valence-corrected chi connectivity index (χ3v) is 7.80. The predicted octanol–water partition coefficient (Wildman–Crippen LogP) is 2.74. The van der Waals surface area contributed by atoms with Crippen LogP contribution >= 0.6 is 0 Å². The highest BCUT2D eigenvalue weighted by atomic mass is 32.2. The minimum absolute atomic E-state index is 0.240. The SMILES string of the molecule is O=S(=O)(c1ccc(NC[C@@H]2CCCO2)[nH+]c1)N1CCC(Cc2ccccc2)CC1. The first-order valence-electron chi connectivity index (χ1n) is 10.5. The van der Waals surface area contributed by atoms with Gasteiger partial charge in [-0.15, -0.1) is 0 Å². The van der Waals surface area contributed by atoms with E-state index in [0.717, 1.165) is 51.1 Å². The minimum Gasteiger partial charge on any atom is -0.374 e. The summed E-state index contributed by atoms with van der Waals surface area (Å²) in [5, 5.41) is 3.28. The Morgan fingerprint density at radius 3 is 2.52 bits per heavy atom. The van der Waals surface area contributed by atoms with Crippen LogP contribution in [0.25, 0.3) is 0 Å². The molecule has 0 aliphatic carbocycles. The maximum Gasteiger partial charge on any atom is 0.272 e. The minimum atomic E-state index is -3.46. The van der Waals surface area contributed by atoms with Crippen LogP contribution in [-0.2, 0) is 21.2 Å². The van der Waals surface area contributed by atoms with E-state index in [2.05, 4.69) is 34.6 Å². The number of hydrogen-bond acceptors (Lipinski definition) is 4. The number of benzene rings is 1. The molecule has 2 aliphatic heterocycles. The van der Waals surface area contributed by atoms with E-state index in [9.17, 15) is 8.42 Å². The van der Waals surface area contributed by atoms with Gasteiger partial charge in [0.1, 0.15) is 17.6 Å². The van der Waals surface area contributed by atoms with Crippen molar-refractivity contribution in [3.63, 3.8) is 0 Å². The van der Waals surface area contributed by atoms with Crippen molar-refractivity contribution in [1.82, 2.24) is 4.31 Å². The highest BCUT2D eigenvalue weighted by Crippen LogP contribution is 2.26. The van der Waals surface area contributed by atoms with Gasteiger partial charge in [-0.25, -0.2) is 13.4 Å². The third-order valence-electron chi connectivity index (χ3n) is 5.91. The van der Waals surface area contributed by atoms with Crippen LogP contribution in [0.2, 0.25) is 0 Å². The molecule has 7 heteroatoms.